The Kier molecular flexibility index (Phi) is 7.58. The van der Waals surface area contributed by atoms with E-state index < -0.39 is 12.1 Å². The number of H-pyrrole nitrogens is 1. The van der Waals surface area contributed by atoms with Gasteiger partial charge >= 0.3 is 12.1 Å². The van der Waals surface area contributed by atoms with Gasteiger partial charge in [0, 0.05) is 43.6 Å². The average Bonchev–Trinajstić information content (AvgIpc) is 3.44. The number of thiophene rings is 1. The number of nitrogens with zero attached hydrogens (tertiary/aromatic N) is 4. The third-order valence-corrected chi connectivity index (χ3v) is 5.45. The molecule has 166 valence electrons. The molecule has 1 aliphatic rings. The summed E-state index contributed by atoms with van der Waals surface area (Å²) in [4.78, 5) is 21.1. The van der Waals surface area contributed by atoms with E-state index in [1.54, 1.807) is 23.7 Å². The smallest absolute Gasteiger partial charge is 0.475 e. The average molecular weight is 454 g/mol. The summed E-state index contributed by atoms with van der Waals surface area (Å²) in [5, 5.41) is 20.2. The quantitative estimate of drug-likeness (QED) is 0.543. The Bertz CT molecular complexity index is 949. The Hall–Kier alpha value is -2.99. The molecule has 3 N–H and O–H groups in total. The lowest BCUT2D eigenvalue weighted by molar-refractivity contribution is -0.192. The van der Waals surface area contributed by atoms with E-state index in [-0.39, 0.29) is 0 Å². The molecule has 1 fully saturated rings. The number of rotatable bonds is 5. The van der Waals surface area contributed by atoms with Crippen molar-refractivity contribution in [3.8, 4) is 10.6 Å². The van der Waals surface area contributed by atoms with Gasteiger partial charge in [-0.05, 0) is 30.4 Å². The number of carbonyl (C=O) groups is 1. The third-order valence-electron chi connectivity index (χ3n) is 4.57. The molecule has 4 heterocycles. The number of hydrogen-bond donors (Lipinski definition) is 3. The minimum Gasteiger partial charge on any atom is -0.475 e. The zero-order valence-electron chi connectivity index (χ0n) is 16.3. The maximum atomic E-state index is 10.6. The zero-order chi connectivity index (χ0) is 22.3. The predicted molar refractivity (Wildman–Crippen MR) is 110 cm³/mol. The molecule has 0 radical (unpaired) electrons. The van der Waals surface area contributed by atoms with Gasteiger partial charge in [0.2, 0.25) is 5.95 Å². The first-order chi connectivity index (χ1) is 14.8. The number of aliphatic carboxylic acids is 1. The van der Waals surface area contributed by atoms with Crippen molar-refractivity contribution in [2.45, 2.75) is 31.6 Å². The molecule has 1 atom stereocenters. The van der Waals surface area contributed by atoms with Gasteiger partial charge in [-0.25, -0.2) is 14.8 Å². The highest BCUT2D eigenvalue weighted by Crippen LogP contribution is 2.26. The molecule has 3 aromatic heterocycles. The number of piperidine rings is 1. The number of aromatic amines is 1. The van der Waals surface area contributed by atoms with Crippen molar-refractivity contribution in [2.24, 2.45) is 0 Å². The molecular weight excluding hydrogens is 433 g/mol. The summed E-state index contributed by atoms with van der Waals surface area (Å²) in [6, 6.07) is 6.48. The Morgan fingerprint density at radius 2 is 2.06 bits per heavy atom. The molecule has 4 rings (SSSR count). The normalized spacial score (nSPS) is 16.5. The van der Waals surface area contributed by atoms with Gasteiger partial charge in [0.25, 0.3) is 0 Å². The fourth-order valence-electron chi connectivity index (χ4n) is 3.11. The van der Waals surface area contributed by atoms with Crippen LogP contribution in [-0.4, -0.2) is 56.5 Å². The topological polar surface area (TPSA) is 107 Å². The van der Waals surface area contributed by atoms with Crippen LogP contribution in [0.5, 0.6) is 0 Å². The van der Waals surface area contributed by atoms with E-state index in [0.29, 0.717) is 6.04 Å². The first-order valence-corrected chi connectivity index (χ1v) is 10.3. The van der Waals surface area contributed by atoms with E-state index in [0.717, 1.165) is 37.7 Å². The molecule has 0 bridgehead atoms. The summed E-state index contributed by atoms with van der Waals surface area (Å²) >= 11 is 1.73. The monoisotopic (exact) mass is 454 g/mol. The summed E-state index contributed by atoms with van der Waals surface area (Å²) in [7, 11) is 0. The number of anilines is 1. The molecule has 0 aliphatic carbocycles. The van der Waals surface area contributed by atoms with Crippen LogP contribution in [0.2, 0.25) is 0 Å². The van der Waals surface area contributed by atoms with E-state index in [9.17, 15) is 13.2 Å². The van der Waals surface area contributed by atoms with Crippen molar-refractivity contribution in [1.29, 1.82) is 0 Å². The van der Waals surface area contributed by atoms with Crippen molar-refractivity contribution in [3.05, 3.63) is 47.7 Å². The third kappa shape index (κ3) is 6.49. The van der Waals surface area contributed by atoms with E-state index in [1.807, 2.05) is 12.3 Å². The van der Waals surface area contributed by atoms with Crippen LogP contribution in [0.25, 0.3) is 10.6 Å². The number of alkyl halides is 3. The molecule has 0 amide bonds. The van der Waals surface area contributed by atoms with E-state index >= 15 is 0 Å². The highest BCUT2D eigenvalue weighted by Gasteiger charge is 2.38. The van der Waals surface area contributed by atoms with Gasteiger partial charge in [-0.15, -0.1) is 11.3 Å². The van der Waals surface area contributed by atoms with Crippen LogP contribution in [0.4, 0.5) is 19.1 Å². The lowest BCUT2D eigenvalue weighted by Gasteiger charge is -2.33. The largest absolute Gasteiger partial charge is 0.490 e. The molecular formula is C19H21F3N6O2S. The van der Waals surface area contributed by atoms with Gasteiger partial charge in [-0.3, -0.25) is 5.10 Å². The number of aromatic nitrogens is 4. The lowest BCUT2D eigenvalue weighted by atomic mass is 10.1. The second-order valence-corrected chi connectivity index (χ2v) is 7.71. The van der Waals surface area contributed by atoms with Gasteiger partial charge in [0.15, 0.2) is 0 Å². The molecule has 1 unspecified atom stereocenters. The fourth-order valence-corrected chi connectivity index (χ4v) is 3.87. The van der Waals surface area contributed by atoms with Gasteiger partial charge < -0.3 is 15.3 Å². The molecule has 0 spiro atoms. The number of hydrogen-bond acceptors (Lipinski definition) is 7. The maximum Gasteiger partial charge on any atom is 0.490 e. The van der Waals surface area contributed by atoms with Gasteiger partial charge in [-0.2, -0.15) is 18.3 Å². The summed E-state index contributed by atoms with van der Waals surface area (Å²) in [5.41, 5.74) is 2.34. The minimum atomic E-state index is -5.08. The highest BCUT2D eigenvalue weighted by molar-refractivity contribution is 7.13. The standard InChI is InChI=1S/C17H20N6S.C2HF3O2/c1-4-14(12-23(8-1)17-18-6-3-7-19-17)20-10-13-11-21-22-16(13)15-5-2-9-24-15;3-2(4,5)1(6)7/h2-3,5-7,9,11,14,20H,1,4,8,10,12H2,(H,21,22);(H,6,7). The first-order valence-electron chi connectivity index (χ1n) is 9.46. The molecule has 1 aliphatic heterocycles. The van der Waals surface area contributed by atoms with Crippen molar-refractivity contribution in [2.75, 3.05) is 18.0 Å². The summed E-state index contributed by atoms with van der Waals surface area (Å²) < 4.78 is 31.7. The summed E-state index contributed by atoms with van der Waals surface area (Å²) in [5.74, 6) is -1.93. The number of halogens is 3. The Morgan fingerprint density at radius 1 is 1.32 bits per heavy atom. The number of carboxylic acid groups (broad SMARTS) is 1. The van der Waals surface area contributed by atoms with Gasteiger partial charge in [0.1, 0.15) is 0 Å². The van der Waals surface area contributed by atoms with Crippen molar-refractivity contribution in [3.63, 3.8) is 0 Å². The molecule has 0 aromatic carbocycles. The van der Waals surface area contributed by atoms with Crippen molar-refractivity contribution >= 4 is 23.3 Å². The Morgan fingerprint density at radius 3 is 2.71 bits per heavy atom. The molecule has 1 saturated heterocycles. The second-order valence-electron chi connectivity index (χ2n) is 6.77. The van der Waals surface area contributed by atoms with Gasteiger partial charge in [0.05, 0.1) is 16.8 Å². The highest BCUT2D eigenvalue weighted by atomic mass is 32.1. The van der Waals surface area contributed by atoms with E-state index in [1.165, 1.54) is 16.9 Å². The van der Waals surface area contributed by atoms with E-state index in [4.69, 9.17) is 9.90 Å². The number of carboxylic acids is 1. The molecule has 8 nitrogen and oxygen atoms in total. The first kappa shape index (κ1) is 22.7. The van der Waals surface area contributed by atoms with E-state index in [2.05, 4.69) is 47.9 Å². The SMILES string of the molecule is O=C(O)C(F)(F)F.c1cnc(N2CCCC(NCc3cn[nH]c3-c3cccs3)C2)nc1. The summed E-state index contributed by atoms with van der Waals surface area (Å²) in [6.45, 7) is 2.78. The molecule has 12 heteroatoms. The van der Waals surface area contributed by atoms with Crippen LogP contribution in [0.15, 0.2) is 42.2 Å². The van der Waals surface area contributed by atoms with Crippen LogP contribution in [-0.2, 0) is 11.3 Å². The maximum absolute atomic E-state index is 10.6. The lowest BCUT2D eigenvalue weighted by Crippen LogP contribution is -2.46. The second kappa shape index (κ2) is 10.4. The van der Waals surface area contributed by atoms with Crippen LogP contribution in [0.1, 0.15) is 18.4 Å². The van der Waals surface area contributed by atoms with Crippen molar-refractivity contribution < 1.29 is 23.1 Å². The van der Waals surface area contributed by atoms with Crippen LogP contribution in [0.3, 0.4) is 0 Å². The fraction of sp³-hybridized carbons (Fsp3) is 0.368. The molecule has 3 aromatic rings. The van der Waals surface area contributed by atoms with Crippen LogP contribution >= 0.6 is 11.3 Å². The molecule has 31 heavy (non-hydrogen) atoms. The Labute approximate surface area is 180 Å². The number of nitrogens with one attached hydrogen (secondary N) is 2. The van der Waals surface area contributed by atoms with Gasteiger partial charge in [-0.1, -0.05) is 6.07 Å². The van der Waals surface area contributed by atoms with Crippen LogP contribution < -0.4 is 10.2 Å². The minimum absolute atomic E-state index is 0.439. The van der Waals surface area contributed by atoms with Crippen LogP contribution in [0, 0.1) is 0 Å². The Balaban J connectivity index is 0.000000339. The van der Waals surface area contributed by atoms with Crippen molar-refractivity contribution in [1.82, 2.24) is 25.5 Å². The summed E-state index contributed by atoms with van der Waals surface area (Å²) in [6.07, 6.45) is 2.77. The predicted octanol–water partition coefficient (Wildman–Crippen LogP) is 3.32. The molecule has 0 saturated carbocycles. The zero-order valence-corrected chi connectivity index (χ0v) is 17.2.